The molecule has 0 radical (unpaired) electrons. The molecular weight excluding hydrogens is 448 g/mol. The average Bonchev–Trinajstić information content (AvgIpc) is 3.10. The first-order valence-corrected chi connectivity index (χ1v) is 11.1. The van der Waals surface area contributed by atoms with E-state index < -0.39 is 17.7 Å². The number of aryl methyl sites for hydroxylation is 1. The predicted molar refractivity (Wildman–Crippen MR) is 129 cm³/mol. The van der Waals surface area contributed by atoms with Crippen LogP contribution in [0.1, 0.15) is 35.2 Å². The molecule has 2 N–H and O–H groups in total. The number of ketones is 1. The van der Waals surface area contributed by atoms with Gasteiger partial charge in [-0.1, -0.05) is 12.1 Å². The zero-order valence-electron chi connectivity index (χ0n) is 19.7. The summed E-state index contributed by atoms with van der Waals surface area (Å²) < 4.78 is 10.8. The number of pyridine rings is 1. The maximum Gasteiger partial charge on any atom is 0.295 e. The zero-order chi connectivity index (χ0) is 25.1. The van der Waals surface area contributed by atoms with Gasteiger partial charge in [-0.05, 0) is 66.9 Å². The van der Waals surface area contributed by atoms with Gasteiger partial charge in [0.15, 0.2) is 11.5 Å². The van der Waals surface area contributed by atoms with E-state index in [0.717, 1.165) is 11.1 Å². The molecule has 1 amide bonds. The fourth-order valence-corrected chi connectivity index (χ4v) is 4.23. The third-order valence-corrected chi connectivity index (χ3v) is 5.88. The number of amides is 1. The molecule has 1 aliphatic heterocycles. The topological polar surface area (TPSA) is 109 Å². The number of carbonyl (C=O) groups excluding carboxylic acids is 2. The largest absolute Gasteiger partial charge is 0.507 e. The van der Waals surface area contributed by atoms with Crippen LogP contribution in [0.25, 0.3) is 5.76 Å². The van der Waals surface area contributed by atoms with E-state index in [2.05, 4.69) is 4.98 Å². The Morgan fingerprint density at radius 1 is 1.11 bits per heavy atom. The number of Topliss-reactive ketones (excluding diaryl/α,β-unsaturated/α-hetero) is 1. The van der Waals surface area contributed by atoms with Crippen molar-refractivity contribution in [3.8, 4) is 17.2 Å². The summed E-state index contributed by atoms with van der Waals surface area (Å²) in [6.07, 6.45) is 3.24. The van der Waals surface area contributed by atoms with Crippen LogP contribution in [0.15, 0.2) is 66.5 Å². The summed E-state index contributed by atoms with van der Waals surface area (Å²) >= 11 is 0. The third kappa shape index (κ3) is 4.55. The van der Waals surface area contributed by atoms with Crippen molar-refractivity contribution in [3.63, 3.8) is 0 Å². The minimum absolute atomic E-state index is 0.0448. The number of likely N-dealkylation sites (tertiary alicyclic amines) is 1. The van der Waals surface area contributed by atoms with Gasteiger partial charge < -0.3 is 24.6 Å². The lowest BCUT2D eigenvalue weighted by Crippen LogP contribution is -2.29. The molecule has 180 valence electrons. The molecule has 0 saturated carbocycles. The Hall–Kier alpha value is -4.33. The van der Waals surface area contributed by atoms with Crippen molar-refractivity contribution in [1.29, 1.82) is 0 Å². The van der Waals surface area contributed by atoms with Crippen molar-refractivity contribution in [2.24, 2.45) is 0 Å². The van der Waals surface area contributed by atoms with Crippen LogP contribution < -0.4 is 9.47 Å². The number of aromatic hydroxyl groups is 1. The Kier molecular flexibility index (Phi) is 6.73. The number of nitrogens with zero attached hydrogens (tertiary/aromatic N) is 2. The highest BCUT2D eigenvalue weighted by molar-refractivity contribution is 6.46. The summed E-state index contributed by atoms with van der Waals surface area (Å²) in [6.45, 7) is 4.03. The Balaban J connectivity index is 1.89. The number of hydrogen-bond acceptors (Lipinski definition) is 7. The number of phenols is 1. The molecule has 4 rings (SSSR count). The number of aromatic nitrogens is 1. The van der Waals surface area contributed by atoms with Gasteiger partial charge in [-0.25, -0.2) is 0 Å². The summed E-state index contributed by atoms with van der Waals surface area (Å²) in [4.78, 5) is 31.9. The SMILES string of the molecule is CCOc1cc([C@@H]2/C(=C(\O)c3ccc(OC)c(C)c3)C(=O)C(=O)N2Cc2cccnc2)ccc1O. The maximum atomic E-state index is 13.3. The fourth-order valence-electron chi connectivity index (χ4n) is 4.23. The molecular formula is C27H26N2O6. The number of benzene rings is 2. The molecule has 2 heterocycles. The molecule has 1 fully saturated rings. The van der Waals surface area contributed by atoms with Gasteiger partial charge in [0.05, 0.1) is 25.3 Å². The minimum Gasteiger partial charge on any atom is -0.507 e. The number of aliphatic hydroxyl groups excluding tert-OH is 1. The number of methoxy groups -OCH3 is 1. The lowest BCUT2D eigenvalue weighted by molar-refractivity contribution is -0.140. The van der Waals surface area contributed by atoms with Crippen molar-refractivity contribution >= 4 is 17.4 Å². The minimum atomic E-state index is -0.905. The van der Waals surface area contributed by atoms with Crippen LogP contribution in [0.5, 0.6) is 17.2 Å². The molecule has 0 spiro atoms. The summed E-state index contributed by atoms with van der Waals surface area (Å²) in [5.74, 6) is -1.04. The van der Waals surface area contributed by atoms with Gasteiger partial charge in [0, 0.05) is 24.5 Å². The molecule has 1 saturated heterocycles. The molecule has 1 atom stereocenters. The highest BCUT2D eigenvalue weighted by Crippen LogP contribution is 2.42. The molecule has 8 nitrogen and oxygen atoms in total. The number of rotatable bonds is 7. The van der Waals surface area contributed by atoms with E-state index in [1.165, 1.54) is 11.0 Å². The second-order valence-electron chi connectivity index (χ2n) is 8.13. The predicted octanol–water partition coefficient (Wildman–Crippen LogP) is 4.12. The number of ether oxygens (including phenoxy) is 2. The van der Waals surface area contributed by atoms with E-state index in [4.69, 9.17) is 9.47 Å². The van der Waals surface area contributed by atoms with E-state index in [-0.39, 0.29) is 29.4 Å². The van der Waals surface area contributed by atoms with Crippen molar-refractivity contribution in [1.82, 2.24) is 9.88 Å². The first-order chi connectivity index (χ1) is 16.8. The van der Waals surface area contributed by atoms with E-state index in [0.29, 0.717) is 23.5 Å². The maximum absolute atomic E-state index is 13.3. The average molecular weight is 475 g/mol. The van der Waals surface area contributed by atoms with Gasteiger partial charge in [-0.15, -0.1) is 0 Å². The Morgan fingerprint density at radius 2 is 1.91 bits per heavy atom. The second kappa shape index (κ2) is 9.89. The highest BCUT2D eigenvalue weighted by Gasteiger charge is 2.46. The van der Waals surface area contributed by atoms with Gasteiger partial charge in [0.2, 0.25) is 0 Å². The Bertz CT molecular complexity index is 1300. The molecule has 1 aromatic heterocycles. The van der Waals surface area contributed by atoms with Gasteiger partial charge in [0.1, 0.15) is 11.5 Å². The van der Waals surface area contributed by atoms with E-state index in [1.807, 2.05) is 6.92 Å². The van der Waals surface area contributed by atoms with Crippen LogP contribution >= 0.6 is 0 Å². The molecule has 1 aliphatic rings. The fraction of sp³-hybridized carbons (Fsp3) is 0.222. The highest BCUT2D eigenvalue weighted by atomic mass is 16.5. The standard InChI is InChI=1S/C27H26N2O6/c1-4-35-22-13-18(7-9-20(22)30)24-23(25(31)19-8-10-21(34-3)16(2)12-19)26(32)27(33)29(24)15-17-6-5-11-28-14-17/h5-14,24,30-31H,4,15H2,1-3H3/b25-23+/t24-/m1/s1. The number of aliphatic hydroxyl groups is 1. The molecule has 3 aromatic rings. The van der Waals surface area contributed by atoms with Crippen LogP contribution in [-0.2, 0) is 16.1 Å². The van der Waals surface area contributed by atoms with E-state index in [1.54, 1.807) is 68.9 Å². The normalized spacial score (nSPS) is 17.0. The number of phenolic OH excluding ortho intramolecular Hbond substituents is 1. The smallest absolute Gasteiger partial charge is 0.295 e. The number of hydrogen-bond donors (Lipinski definition) is 2. The van der Waals surface area contributed by atoms with E-state index in [9.17, 15) is 19.8 Å². The summed E-state index contributed by atoms with van der Waals surface area (Å²) in [7, 11) is 1.55. The van der Waals surface area contributed by atoms with Crippen LogP contribution in [0, 0.1) is 6.92 Å². The van der Waals surface area contributed by atoms with Crippen LogP contribution in [-0.4, -0.2) is 45.5 Å². The van der Waals surface area contributed by atoms with Gasteiger partial charge >= 0.3 is 0 Å². The van der Waals surface area contributed by atoms with Crippen LogP contribution in [0.2, 0.25) is 0 Å². The molecule has 0 bridgehead atoms. The van der Waals surface area contributed by atoms with Crippen LogP contribution in [0.4, 0.5) is 0 Å². The summed E-state index contributed by atoms with van der Waals surface area (Å²) in [5, 5.41) is 21.5. The van der Waals surface area contributed by atoms with Crippen molar-refractivity contribution in [2.45, 2.75) is 26.4 Å². The molecule has 2 aromatic carbocycles. The molecule has 8 heteroatoms. The van der Waals surface area contributed by atoms with Crippen molar-refractivity contribution in [3.05, 3.63) is 88.8 Å². The molecule has 35 heavy (non-hydrogen) atoms. The Morgan fingerprint density at radius 3 is 2.57 bits per heavy atom. The molecule has 0 aliphatic carbocycles. The molecule has 0 unspecified atom stereocenters. The Labute approximate surface area is 203 Å². The van der Waals surface area contributed by atoms with Gasteiger partial charge in [0.25, 0.3) is 11.7 Å². The van der Waals surface area contributed by atoms with E-state index >= 15 is 0 Å². The van der Waals surface area contributed by atoms with Crippen molar-refractivity contribution in [2.75, 3.05) is 13.7 Å². The zero-order valence-corrected chi connectivity index (χ0v) is 19.7. The lowest BCUT2D eigenvalue weighted by Gasteiger charge is -2.26. The first kappa shape index (κ1) is 23.8. The third-order valence-electron chi connectivity index (χ3n) is 5.88. The van der Waals surface area contributed by atoms with Crippen LogP contribution in [0.3, 0.4) is 0 Å². The first-order valence-electron chi connectivity index (χ1n) is 11.1. The monoisotopic (exact) mass is 474 g/mol. The van der Waals surface area contributed by atoms with Crippen molar-refractivity contribution < 1.29 is 29.3 Å². The summed E-state index contributed by atoms with van der Waals surface area (Å²) in [6, 6.07) is 12.3. The number of carbonyl (C=O) groups is 2. The lowest BCUT2D eigenvalue weighted by atomic mass is 9.94. The van der Waals surface area contributed by atoms with Gasteiger partial charge in [-0.3, -0.25) is 14.6 Å². The second-order valence-corrected chi connectivity index (χ2v) is 8.13. The van der Waals surface area contributed by atoms with Gasteiger partial charge in [-0.2, -0.15) is 0 Å². The quantitative estimate of drug-likeness (QED) is 0.301. The summed E-state index contributed by atoms with van der Waals surface area (Å²) in [5.41, 5.74) is 2.35.